The number of carbonyl (C=O) groups excluding carboxylic acids is 1. The first-order valence-corrected chi connectivity index (χ1v) is 8.23. The quantitative estimate of drug-likeness (QED) is 0.586. The summed E-state index contributed by atoms with van der Waals surface area (Å²) in [5.74, 6) is -0.361. The average Bonchev–Trinajstić information content (AvgIpc) is 3.10. The maximum absolute atomic E-state index is 12.7. The molecule has 0 radical (unpaired) electrons. The topological polar surface area (TPSA) is 99.1 Å². The molecule has 3 aromatic heterocycles. The summed E-state index contributed by atoms with van der Waals surface area (Å²) in [6.45, 7) is 1.73. The van der Waals surface area contributed by atoms with Gasteiger partial charge in [0.2, 0.25) is 0 Å². The fourth-order valence-electron chi connectivity index (χ4n) is 3.05. The van der Waals surface area contributed by atoms with Crippen LogP contribution in [0.15, 0.2) is 50.5 Å². The zero-order valence-corrected chi connectivity index (χ0v) is 14.9. The van der Waals surface area contributed by atoms with E-state index < -0.39 is 17.2 Å². The Labute approximate surface area is 152 Å². The van der Waals surface area contributed by atoms with Crippen LogP contribution in [0.25, 0.3) is 22.0 Å². The standard InChI is InChI=1S/C19H16N4O4/c1-10-9-20-16-14(18(25)23(3)19(26)22(16)2)15(10)21-17(24)13-8-11-6-4-5-7-12(11)27-13/h4-9H,1-3H3,(H,20,21,24). The molecule has 1 aromatic carbocycles. The summed E-state index contributed by atoms with van der Waals surface area (Å²) in [5, 5.41) is 3.72. The molecule has 4 aromatic rings. The summed E-state index contributed by atoms with van der Waals surface area (Å²) >= 11 is 0. The Morgan fingerprint density at radius 3 is 2.63 bits per heavy atom. The summed E-state index contributed by atoms with van der Waals surface area (Å²) in [6, 6.07) is 8.92. The number of hydrogen-bond acceptors (Lipinski definition) is 5. The van der Waals surface area contributed by atoms with Crippen molar-refractivity contribution < 1.29 is 9.21 Å². The van der Waals surface area contributed by atoms with Crippen LogP contribution in [0.5, 0.6) is 0 Å². The van der Waals surface area contributed by atoms with Gasteiger partial charge in [0.1, 0.15) is 11.0 Å². The number of aromatic nitrogens is 3. The van der Waals surface area contributed by atoms with Gasteiger partial charge < -0.3 is 9.73 Å². The van der Waals surface area contributed by atoms with Gasteiger partial charge in [-0.2, -0.15) is 0 Å². The Balaban J connectivity index is 1.88. The highest BCUT2D eigenvalue weighted by atomic mass is 16.3. The zero-order chi connectivity index (χ0) is 19.3. The summed E-state index contributed by atoms with van der Waals surface area (Å²) in [7, 11) is 2.91. The molecule has 0 aliphatic heterocycles. The largest absolute Gasteiger partial charge is 0.451 e. The number of amides is 1. The number of benzene rings is 1. The van der Waals surface area contributed by atoms with Crippen LogP contribution in [0.2, 0.25) is 0 Å². The van der Waals surface area contributed by atoms with Crippen LogP contribution in [0.4, 0.5) is 5.69 Å². The highest BCUT2D eigenvalue weighted by Gasteiger charge is 2.19. The van der Waals surface area contributed by atoms with Crippen molar-refractivity contribution in [1.29, 1.82) is 0 Å². The van der Waals surface area contributed by atoms with Crippen LogP contribution >= 0.6 is 0 Å². The van der Waals surface area contributed by atoms with E-state index in [0.717, 1.165) is 9.95 Å². The van der Waals surface area contributed by atoms with E-state index in [1.165, 1.54) is 24.9 Å². The van der Waals surface area contributed by atoms with Gasteiger partial charge in [0.25, 0.3) is 11.5 Å². The first kappa shape index (κ1) is 16.8. The third-order valence-electron chi connectivity index (χ3n) is 4.55. The molecular formula is C19H16N4O4. The second kappa shape index (κ2) is 5.94. The Morgan fingerprint density at radius 1 is 1.15 bits per heavy atom. The molecule has 136 valence electrons. The zero-order valence-electron chi connectivity index (χ0n) is 14.9. The lowest BCUT2D eigenvalue weighted by atomic mass is 10.2. The van der Waals surface area contributed by atoms with E-state index in [1.807, 2.05) is 18.2 Å². The number of hydrogen-bond donors (Lipinski definition) is 1. The number of para-hydroxylation sites is 1. The molecule has 27 heavy (non-hydrogen) atoms. The molecule has 0 aliphatic carbocycles. The van der Waals surface area contributed by atoms with E-state index >= 15 is 0 Å². The van der Waals surface area contributed by atoms with Gasteiger partial charge in [0.15, 0.2) is 11.4 Å². The van der Waals surface area contributed by atoms with E-state index in [1.54, 1.807) is 19.1 Å². The van der Waals surface area contributed by atoms with Crippen molar-refractivity contribution in [3.05, 3.63) is 68.7 Å². The number of anilines is 1. The van der Waals surface area contributed by atoms with Gasteiger partial charge >= 0.3 is 5.69 Å². The number of pyridine rings is 1. The first-order valence-electron chi connectivity index (χ1n) is 8.23. The lowest BCUT2D eigenvalue weighted by Crippen LogP contribution is -2.37. The molecule has 8 nitrogen and oxygen atoms in total. The maximum Gasteiger partial charge on any atom is 0.332 e. The van der Waals surface area contributed by atoms with Gasteiger partial charge in [-0.25, -0.2) is 9.78 Å². The third-order valence-corrected chi connectivity index (χ3v) is 4.55. The van der Waals surface area contributed by atoms with Crippen molar-refractivity contribution in [3.63, 3.8) is 0 Å². The summed E-state index contributed by atoms with van der Waals surface area (Å²) < 4.78 is 7.84. The fourth-order valence-corrected chi connectivity index (χ4v) is 3.05. The minimum absolute atomic E-state index is 0.127. The highest BCUT2D eigenvalue weighted by molar-refractivity contribution is 6.08. The minimum Gasteiger partial charge on any atom is -0.451 e. The van der Waals surface area contributed by atoms with E-state index in [2.05, 4.69) is 10.3 Å². The summed E-state index contributed by atoms with van der Waals surface area (Å²) in [5.41, 5.74) is 0.692. The molecule has 1 amide bonds. The summed E-state index contributed by atoms with van der Waals surface area (Å²) in [6.07, 6.45) is 1.51. The van der Waals surface area contributed by atoms with E-state index in [9.17, 15) is 14.4 Å². The van der Waals surface area contributed by atoms with Gasteiger partial charge in [-0.05, 0) is 24.6 Å². The lowest BCUT2D eigenvalue weighted by molar-refractivity contribution is 0.0998. The summed E-state index contributed by atoms with van der Waals surface area (Å²) in [4.78, 5) is 41.7. The monoisotopic (exact) mass is 364 g/mol. The van der Waals surface area contributed by atoms with Gasteiger partial charge in [0, 0.05) is 25.7 Å². The number of nitrogens with one attached hydrogen (secondary N) is 1. The van der Waals surface area contributed by atoms with E-state index in [0.29, 0.717) is 16.8 Å². The van der Waals surface area contributed by atoms with E-state index in [4.69, 9.17) is 4.42 Å². The molecule has 8 heteroatoms. The predicted octanol–water partition coefficient (Wildman–Crippen LogP) is 1.94. The molecule has 0 atom stereocenters. The number of fused-ring (bicyclic) bond motifs is 2. The highest BCUT2D eigenvalue weighted by Crippen LogP contribution is 2.24. The maximum atomic E-state index is 12.7. The molecule has 0 bridgehead atoms. The molecule has 3 heterocycles. The van der Waals surface area contributed by atoms with Crippen molar-refractivity contribution in [3.8, 4) is 0 Å². The van der Waals surface area contributed by atoms with Gasteiger partial charge in [-0.1, -0.05) is 18.2 Å². The third kappa shape index (κ3) is 2.53. The van der Waals surface area contributed by atoms with Crippen LogP contribution in [0.1, 0.15) is 16.1 Å². The van der Waals surface area contributed by atoms with Crippen LogP contribution in [0.3, 0.4) is 0 Å². The van der Waals surface area contributed by atoms with Crippen molar-refractivity contribution in [2.45, 2.75) is 6.92 Å². The van der Waals surface area contributed by atoms with E-state index in [-0.39, 0.29) is 16.8 Å². The van der Waals surface area contributed by atoms with Crippen LogP contribution in [-0.4, -0.2) is 20.0 Å². The second-order valence-corrected chi connectivity index (χ2v) is 6.32. The molecule has 0 fully saturated rings. The van der Waals surface area contributed by atoms with Crippen molar-refractivity contribution in [1.82, 2.24) is 14.1 Å². The smallest absolute Gasteiger partial charge is 0.332 e. The molecule has 0 saturated heterocycles. The number of rotatable bonds is 2. The van der Waals surface area contributed by atoms with Crippen molar-refractivity contribution >= 4 is 33.6 Å². The Bertz CT molecular complexity index is 1310. The number of furan rings is 1. The second-order valence-electron chi connectivity index (χ2n) is 6.32. The number of nitrogens with zero attached hydrogens (tertiary/aromatic N) is 3. The van der Waals surface area contributed by atoms with Gasteiger partial charge in [0.05, 0.1) is 5.69 Å². The Hall–Kier alpha value is -3.68. The van der Waals surface area contributed by atoms with Crippen LogP contribution < -0.4 is 16.6 Å². The van der Waals surface area contributed by atoms with Crippen LogP contribution in [0, 0.1) is 6.92 Å². The molecule has 0 saturated carbocycles. The number of aryl methyl sites for hydroxylation is 2. The van der Waals surface area contributed by atoms with Gasteiger partial charge in [-0.3, -0.25) is 18.7 Å². The van der Waals surface area contributed by atoms with Gasteiger partial charge in [-0.15, -0.1) is 0 Å². The van der Waals surface area contributed by atoms with Crippen molar-refractivity contribution in [2.75, 3.05) is 5.32 Å². The lowest BCUT2D eigenvalue weighted by Gasteiger charge is -2.13. The molecule has 4 rings (SSSR count). The molecule has 0 aliphatic rings. The molecule has 0 spiro atoms. The van der Waals surface area contributed by atoms with Crippen molar-refractivity contribution in [2.24, 2.45) is 14.1 Å². The predicted molar refractivity (Wildman–Crippen MR) is 101 cm³/mol. The molecule has 1 N–H and O–H groups in total. The molecular weight excluding hydrogens is 348 g/mol. The Morgan fingerprint density at radius 2 is 1.89 bits per heavy atom. The minimum atomic E-state index is -0.524. The SMILES string of the molecule is Cc1cnc2c(c1NC(=O)c1cc3ccccc3o1)c(=O)n(C)c(=O)n2C. The Kier molecular flexibility index (Phi) is 3.69. The molecule has 0 unspecified atom stereocenters. The first-order chi connectivity index (χ1) is 12.9. The van der Waals surface area contributed by atoms with Crippen LogP contribution in [-0.2, 0) is 14.1 Å². The average molecular weight is 364 g/mol. The fraction of sp³-hybridized carbons (Fsp3) is 0.158. The number of carbonyl (C=O) groups is 1. The normalized spacial score (nSPS) is 11.2.